The summed E-state index contributed by atoms with van der Waals surface area (Å²) in [5.41, 5.74) is 0.0366. The molecule has 2 heterocycles. The number of amides is 2. The molecule has 9 heteroatoms. The predicted octanol–water partition coefficient (Wildman–Crippen LogP) is 0.630. The van der Waals surface area contributed by atoms with Gasteiger partial charge < -0.3 is 19.6 Å². The number of rotatable bonds is 3. The Bertz CT molecular complexity index is 706. The van der Waals surface area contributed by atoms with Gasteiger partial charge in [0.05, 0.1) is 19.1 Å². The number of benzene rings is 1. The molecule has 2 amide bonds. The van der Waals surface area contributed by atoms with Crippen LogP contribution in [-0.4, -0.2) is 60.1 Å². The lowest BCUT2D eigenvalue weighted by atomic mass is 10.1. The van der Waals surface area contributed by atoms with E-state index in [-0.39, 0.29) is 38.4 Å². The van der Waals surface area contributed by atoms with E-state index in [9.17, 15) is 28.3 Å². The van der Waals surface area contributed by atoms with Crippen molar-refractivity contribution in [3.63, 3.8) is 0 Å². The highest BCUT2D eigenvalue weighted by molar-refractivity contribution is 6.00. The molecule has 0 bridgehead atoms. The topological polar surface area (TPSA) is 87.1 Å². The van der Waals surface area contributed by atoms with Crippen molar-refractivity contribution in [2.75, 3.05) is 31.2 Å². The molecule has 2 atom stereocenters. The molecule has 134 valence electrons. The van der Waals surface area contributed by atoms with Gasteiger partial charge >= 0.3 is 5.97 Å². The van der Waals surface area contributed by atoms with Gasteiger partial charge in [-0.3, -0.25) is 9.59 Å². The molecule has 0 spiro atoms. The third-order valence-corrected chi connectivity index (χ3v) is 4.33. The fourth-order valence-corrected chi connectivity index (χ4v) is 3.12. The van der Waals surface area contributed by atoms with Crippen molar-refractivity contribution < 1.29 is 33.0 Å². The van der Waals surface area contributed by atoms with Crippen molar-refractivity contribution >= 4 is 23.5 Å². The number of aliphatic carboxylic acids is 1. The van der Waals surface area contributed by atoms with Gasteiger partial charge in [-0.2, -0.15) is 0 Å². The average molecular weight is 354 g/mol. The Morgan fingerprint density at radius 3 is 2.52 bits per heavy atom. The summed E-state index contributed by atoms with van der Waals surface area (Å²) >= 11 is 0. The van der Waals surface area contributed by atoms with Gasteiger partial charge in [0.2, 0.25) is 11.8 Å². The molecule has 0 unspecified atom stereocenters. The van der Waals surface area contributed by atoms with Gasteiger partial charge in [0, 0.05) is 31.3 Å². The maximum Gasteiger partial charge on any atom is 0.328 e. The van der Waals surface area contributed by atoms with Crippen LogP contribution in [0.25, 0.3) is 0 Å². The summed E-state index contributed by atoms with van der Waals surface area (Å²) < 4.78 is 31.8. The first kappa shape index (κ1) is 17.3. The lowest BCUT2D eigenvalue weighted by Crippen LogP contribution is -2.54. The van der Waals surface area contributed by atoms with Crippen molar-refractivity contribution in [1.29, 1.82) is 0 Å². The van der Waals surface area contributed by atoms with E-state index >= 15 is 0 Å². The number of halogens is 2. The van der Waals surface area contributed by atoms with E-state index in [0.29, 0.717) is 6.07 Å². The standard InChI is InChI=1S/C16H16F2N2O5/c17-10-4-11(18)6-12(5-10)20-7-9(3-14(20)21)15(22)19-1-2-25-8-13(19)16(23)24/h4-6,9,13H,1-3,7-8H2,(H,23,24)/t9-,13-/m0/s1. The summed E-state index contributed by atoms with van der Waals surface area (Å²) in [6.07, 6.45) is -0.138. The molecule has 2 aliphatic rings. The molecule has 1 aromatic rings. The van der Waals surface area contributed by atoms with Crippen LogP contribution in [0.1, 0.15) is 6.42 Å². The molecular weight excluding hydrogens is 338 g/mol. The quantitative estimate of drug-likeness (QED) is 0.860. The number of carboxylic acids is 1. The summed E-state index contributed by atoms with van der Waals surface area (Å²) in [6.45, 7) is 0.176. The van der Waals surface area contributed by atoms with Crippen molar-refractivity contribution in [3.8, 4) is 0 Å². The molecule has 2 aliphatic heterocycles. The molecule has 0 aromatic heterocycles. The monoisotopic (exact) mass is 354 g/mol. The lowest BCUT2D eigenvalue weighted by Gasteiger charge is -2.34. The minimum absolute atomic E-state index is 0.0366. The zero-order valence-corrected chi connectivity index (χ0v) is 13.2. The number of carbonyl (C=O) groups is 3. The van der Waals surface area contributed by atoms with E-state index in [1.165, 1.54) is 4.90 Å². The second-order valence-electron chi connectivity index (χ2n) is 5.99. The SMILES string of the molecule is O=C(O)[C@@H]1COCCN1C(=O)[C@H]1CC(=O)N(c2cc(F)cc(F)c2)C1. The number of nitrogens with zero attached hydrogens (tertiary/aromatic N) is 2. The molecule has 0 radical (unpaired) electrons. The van der Waals surface area contributed by atoms with E-state index in [1.807, 2.05) is 0 Å². The van der Waals surface area contributed by atoms with Crippen LogP contribution in [0.4, 0.5) is 14.5 Å². The Labute approximate surface area is 141 Å². The summed E-state index contributed by atoms with van der Waals surface area (Å²) in [5.74, 6) is -4.50. The average Bonchev–Trinajstić information content (AvgIpc) is 2.95. The predicted molar refractivity (Wildman–Crippen MR) is 80.8 cm³/mol. The largest absolute Gasteiger partial charge is 0.480 e. The Kier molecular flexibility index (Phi) is 4.67. The molecule has 7 nitrogen and oxygen atoms in total. The number of hydrogen-bond acceptors (Lipinski definition) is 4. The highest BCUT2D eigenvalue weighted by Crippen LogP contribution is 2.28. The van der Waals surface area contributed by atoms with Crippen LogP contribution < -0.4 is 4.90 Å². The van der Waals surface area contributed by atoms with Gasteiger partial charge in [0.1, 0.15) is 11.6 Å². The molecule has 1 aromatic carbocycles. The Morgan fingerprint density at radius 2 is 1.88 bits per heavy atom. The summed E-state index contributed by atoms with van der Waals surface area (Å²) in [5, 5.41) is 9.21. The van der Waals surface area contributed by atoms with Crippen LogP contribution in [0.2, 0.25) is 0 Å². The van der Waals surface area contributed by atoms with Gasteiger partial charge in [0.15, 0.2) is 6.04 Å². The van der Waals surface area contributed by atoms with E-state index in [2.05, 4.69) is 0 Å². The van der Waals surface area contributed by atoms with Crippen LogP contribution in [0, 0.1) is 17.6 Å². The first-order chi connectivity index (χ1) is 11.9. The summed E-state index contributed by atoms with van der Waals surface area (Å²) in [7, 11) is 0. The van der Waals surface area contributed by atoms with Crippen molar-refractivity contribution in [1.82, 2.24) is 4.90 Å². The molecule has 1 N–H and O–H groups in total. The number of hydrogen-bond donors (Lipinski definition) is 1. The van der Waals surface area contributed by atoms with E-state index in [0.717, 1.165) is 17.0 Å². The highest BCUT2D eigenvalue weighted by Gasteiger charge is 2.41. The second-order valence-corrected chi connectivity index (χ2v) is 5.99. The summed E-state index contributed by atoms with van der Waals surface area (Å²) in [4.78, 5) is 38.4. The molecule has 3 rings (SSSR count). The molecule has 0 saturated carbocycles. The van der Waals surface area contributed by atoms with Gasteiger partial charge in [0.25, 0.3) is 0 Å². The highest BCUT2D eigenvalue weighted by atomic mass is 19.1. The second kappa shape index (κ2) is 6.75. The minimum atomic E-state index is -1.18. The van der Waals surface area contributed by atoms with Crippen LogP contribution in [0.3, 0.4) is 0 Å². The molecule has 2 fully saturated rings. The number of morpholine rings is 1. The van der Waals surface area contributed by atoms with Crippen LogP contribution in [0.15, 0.2) is 18.2 Å². The van der Waals surface area contributed by atoms with E-state index < -0.39 is 41.4 Å². The third-order valence-electron chi connectivity index (χ3n) is 4.33. The van der Waals surface area contributed by atoms with Crippen LogP contribution in [-0.2, 0) is 19.1 Å². The Hall–Kier alpha value is -2.55. The number of carboxylic acid groups (broad SMARTS) is 1. The smallest absolute Gasteiger partial charge is 0.328 e. The molecule has 2 saturated heterocycles. The van der Waals surface area contributed by atoms with Gasteiger partial charge in [-0.1, -0.05) is 0 Å². The Balaban J connectivity index is 1.77. The molecule has 0 aliphatic carbocycles. The van der Waals surface area contributed by atoms with E-state index in [1.54, 1.807) is 0 Å². The molecule has 25 heavy (non-hydrogen) atoms. The first-order valence-corrected chi connectivity index (χ1v) is 7.74. The maximum atomic E-state index is 13.4. The number of anilines is 1. The fraction of sp³-hybridized carbons (Fsp3) is 0.438. The summed E-state index contributed by atoms with van der Waals surface area (Å²) in [6, 6.07) is 1.63. The number of ether oxygens (including phenoxy) is 1. The normalized spacial score (nSPS) is 23.8. The minimum Gasteiger partial charge on any atom is -0.480 e. The lowest BCUT2D eigenvalue weighted by molar-refractivity contribution is -0.160. The van der Waals surface area contributed by atoms with Crippen LogP contribution in [0.5, 0.6) is 0 Å². The van der Waals surface area contributed by atoms with E-state index in [4.69, 9.17) is 4.74 Å². The third kappa shape index (κ3) is 3.46. The van der Waals surface area contributed by atoms with Crippen molar-refractivity contribution in [2.24, 2.45) is 5.92 Å². The maximum absolute atomic E-state index is 13.4. The number of carbonyl (C=O) groups excluding carboxylic acids is 2. The van der Waals surface area contributed by atoms with Gasteiger partial charge in [-0.15, -0.1) is 0 Å². The van der Waals surface area contributed by atoms with Crippen LogP contribution >= 0.6 is 0 Å². The van der Waals surface area contributed by atoms with Gasteiger partial charge in [-0.05, 0) is 12.1 Å². The Morgan fingerprint density at radius 1 is 1.20 bits per heavy atom. The zero-order chi connectivity index (χ0) is 18.1. The fourth-order valence-electron chi connectivity index (χ4n) is 3.12. The molecular formula is C16H16F2N2O5. The first-order valence-electron chi connectivity index (χ1n) is 7.74. The zero-order valence-electron chi connectivity index (χ0n) is 13.2. The van der Waals surface area contributed by atoms with Crippen molar-refractivity contribution in [2.45, 2.75) is 12.5 Å². The van der Waals surface area contributed by atoms with Crippen molar-refractivity contribution in [3.05, 3.63) is 29.8 Å². The van der Waals surface area contributed by atoms with Gasteiger partial charge in [-0.25, -0.2) is 13.6 Å².